The van der Waals surface area contributed by atoms with Crippen LogP contribution in [0.3, 0.4) is 0 Å². The number of ether oxygens (including phenoxy) is 2. The molecule has 2 aromatic heterocycles. The summed E-state index contributed by atoms with van der Waals surface area (Å²) in [6, 6.07) is 15.3. The molecule has 0 saturated carbocycles. The second kappa shape index (κ2) is 13.5. The highest BCUT2D eigenvalue weighted by Crippen LogP contribution is 2.42. The van der Waals surface area contributed by atoms with E-state index in [-0.39, 0.29) is 24.2 Å². The van der Waals surface area contributed by atoms with Crippen LogP contribution in [-0.2, 0) is 16.1 Å². The molecule has 1 saturated heterocycles. The quantitative estimate of drug-likeness (QED) is 0.143. The Morgan fingerprint density at radius 2 is 1.78 bits per heavy atom. The maximum absolute atomic E-state index is 15.8. The molecule has 0 aliphatic carbocycles. The summed E-state index contributed by atoms with van der Waals surface area (Å²) in [5.41, 5.74) is 2.93. The van der Waals surface area contributed by atoms with Crippen molar-refractivity contribution >= 4 is 47.0 Å². The number of aromatic nitrogens is 2. The number of pyridine rings is 2. The maximum Gasteiger partial charge on any atom is 0.323 e. The molecule has 4 aromatic rings. The smallest absolute Gasteiger partial charge is 0.323 e. The second-order valence-corrected chi connectivity index (χ2v) is 12.4. The van der Waals surface area contributed by atoms with Crippen LogP contribution in [0.4, 0.5) is 15.9 Å². The minimum absolute atomic E-state index is 0.00553. The van der Waals surface area contributed by atoms with E-state index < -0.39 is 17.5 Å². The topological polar surface area (TPSA) is 93.7 Å². The molecule has 1 aliphatic heterocycles. The lowest BCUT2D eigenvalue weighted by atomic mass is 10.00. The molecule has 3 heterocycles. The average molecular weight is 652 g/mol. The fourth-order valence-corrected chi connectivity index (χ4v) is 5.92. The first-order valence-electron chi connectivity index (χ1n) is 14.5. The van der Waals surface area contributed by atoms with Gasteiger partial charge >= 0.3 is 5.97 Å². The Morgan fingerprint density at radius 1 is 1.07 bits per heavy atom. The number of aldehydes is 1. The Hall–Kier alpha value is -4.05. The molecule has 5 rings (SSSR count). The number of esters is 1. The van der Waals surface area contributed by atoms with Gasteiger partial charge in [0, 0.05) is 35.0 Å². The molecule has 1 atom stereocenters. The van der Waals surface area contributed by atoms with Crippen molar-refractivity contribution in [2.45, 2.75) is 51.8 Å². The molecule has 2 aromatic carbocycles. The number of anilines is 2. The van der Waals surface area contributed by atoms with Crippen molar-refractivity contribution in [3.05, 3.63) is 87.8 Å². The van der Waals surface area contributed by atoms with Crippen LogP contribution >= 0.6 is 23.2 Å². The van der Waals surface area contributed by atoms with Crippen molar-refractivity contribution in [2.24, 2.45) is 0 Å². The number of carbonyl (C=O) groups excluding carboxylic acids is 2. The van der Waals surface area contributed by atoms with E-state index in [1.807, 2.05) is 49.9 Å². The number of likely N-dealkylation sites (tertiary alicyclic amines) is 1. The number of benzene rings is 2. The monoisotopic (exact) mass is 650 g/mol. The Labute approximate surface area is 271 Å². The molecular formula is C34H33Cl2FN4O4. The van der Waals surface area contributed by atoms with Gasteiger partial charge in [0.1, 0.15) is 11.6 Å². The molecular weight excluding hydrogens is 618 g/mol. The standard InChI is InChI=1S/C34H33Cl2FN4O4/c1-34(2,3)45-33(43)27-12-7-17-41(27)18-20-15-16-38-31(30(20)37)39-26-11-6-9-23(29(26)36)22-8-5-10-24(28(22)35)25-14-13-21(19-42)32(40-25)44-4/h5-6,8-11,13-16,19,27H,7,12,17-18H2,1-4H3,(H,38,39)/t27-/m0/s1. The molecule has 0 bridgehead atoms. The molecule has 45 heavy (non-hydrogen) atoms. The van der Waals surface area contributed by atoms with Gasteiger partial charge in [0.05, 0.1) is 34.1 Å². The highest BCUT2D eigenvalue weighted by molar-refractivity contribution is 6.39. The van der Waals surface area contributed by atoms with Gasteiger partial charge in [-0.3, -0.25) is 14.5 Å². The summed E-state index contributed by atoms with van der Waals surface area (Å²) in [4.78, 5) is 34.7. The van der Waals surface area contributed by atoms with Gasteiger partial charge in [0.25, 0.3) is 0 Å². The zero-order valence-corrected chi connectivity index (χ0v) is 26.9. The van der Waals surface area contributed by atoms with Crippen LogP contribution in [-0.4, -0.2) is 52.4 Å². The predicted molar refractivity (Wildman–Crippen MR) is 174 cm³/mol. The third kappa shape index (κ3) is 7.11. The van der Waals surface area contributed by atoms with Crippen LogP contribution in [0, 0.1) is 5.82 Å². The van der Waals surface area contributed by atoms with E-state index in [2.05, 4.69) is 15.3 Å². The minimum atomic E-state index is -0.600. The van der Waals surface area contributed by atoms with Gasteiger partial charge in [-0.1, -0.05) is 53.5 Å². The lowest BCUT2D eigenvalue weighted by Gasteiger charge is -2.27. The van der Waals surface area contributed by atoms with E-state index in [1.54, 1.807) is 30.3 Å². The third-order valence-electron chi connectivity index (χ3n) is 7.41. The fraction of sp³-hybridized carbons (Fsp3) is 0.294. The summed E-state index contributed by atoms with van der Waals surface area (Å²) in [5, 5.41) is 3.75. The molecule has 1 aliphatic rings. The fourth-order valence-electron chi connectivity index (χ4n) is 5.32. The molecule has 1 N–H and O–H groups in total. The van der Waals surface area contributed by atoms with Crippen LogP contribution in [0.5, 0.6) is 5.88 Å². The highest BCUT2D eigenvalue weighted by Gasteiger charge is 2.34. The largest absolute Gasteiger partial charge is 0.480 e. The average Bonchev–Trinajstić information content (AvgIpc) is 3.48. The predicted octanol–water partition coefficient (Wildman–Crippen LogP) is 8.13. The number of hydrogen-bond donors (Lipinski definition) is 1. The molecule has 0 radical (unpaired) electrons. The van der Waals surface area contributed by atoms with Gasteiger partial charge in [-0.05, 0) is 64.4 Å². The van der Waals surface area contributed by atoms with Gasteiger partial charge in [0.2, 0.25) is 5.88 Å². The zero-order chi connectivity index (χ0) is 32.3. The third-order valence-corrected chi connectivity index (χ3v) is 8.23. The molecule has 0 amide bonds. The van der Waals surface area contributed by atoms with E-state index in [0.29, 0.717) is 68.5 Å². The van der Waals surface area contributed by atoms with E-state index >= 15 is 4.39 Å². The Bertz CT molecular complexity index is 1740. The van der Waals surface area contributed by atoms with E-state index in [1.165, 1.54) is 13.3 Å². The zero-order valence-electron chi connectivity index (χ0n) is 25.4. The lowest BCUT2D eigenvalue weighted by Crippen LogP contribution is -2.40. The minimum Gasteiger partial charge on any atom is -0.480 e. The summed E-state index contributed by atoms with van der Waals surface area (Å²) in [7, 11) is 1.44. The first kappa shape index (κ1) is 32.3. The van der Waals surface area contributed by atoms with Crippen molar-refractivity contribution in [1.82, 2.24) is 14.9 Å². The van der Waals surface area contributed by atoms with E-state index in [4.69, 9.17) is 32.7 Å². The number of rotatable bonds is 9. The number of methoxy groups -OCH3 is 1. The number of nitrogens with one attached hydrogen (secondary N) is 1. The van der Waals surface area contributed by atoms with Crippen LogP contribution in [0.2, 0.25) is 10.0 Å². The van der Waals surface area contributed by atoms with Crippen molar-refractivity contribution in [3.63, 3.8) is 0 Å². The molecule has 234 valence electrons. The van der Waals surface area contributed by atoms with Gasteiger partial charge in [-0.15, -0.1) is 0 Å². The van der Waals surface area contributed by atoms with Gasteiger partial charge in [0.15, 0.2) is 17.9 Å². The molecule has 8 nitrogen and oxygen atoms in total. The van der Waals surface area contributed by atoms with Gasteiger partial charge in [-0.25, -0.2) is 14.4 Å². The van der Waals surface area contributed by atoms with Crippen LogP contribution in [0.15, 0.2) is 60.8 Å². The van der Waals surface area contributed by atoms with Gasteiger partial charge in [-0.2, -0.15) is 0 Å². The number of halogens is 3. The first-order chi connectivity index (χ1) is 21.5. The Balaban J connectivity index is 1.41. The van der Waals surface area contributed by atoms with Crippen LogP contribution in [0.25, 0.3) is 22.4 Å². The van der Waals surface area contributed by atoms with Crippen molar-refractivity contribution < 1.29 is 23.5 Å². The SMILES string of the molecule is COc1nc(-c2cccc(-c3cccc(Nc4nccc(CN5CCC[C@H]5C(=O)OC(C)(C)C)c4F)c3Cl)c2Cl)ccc1C=O. The summed E-state index contributed by atoms with van der Waals surface area (Å²) < 4.78 is 26.7. The second-order valence-electron chi connectivity index (χ2n) is 11.7. The molecule has 11 heteroatoms. The van der Waals surface area contributed by atoms with Crippen molar-refractivity contribution in [3.8, 4) is 28.3 Å². The molecule has 0 unspecified atom stereocenters. The highest BCUT2D eigenvalue weighted by atomic mass is 35.5. The van der Waals surface area contributed by atoms with Crippen molar-refractivity contribution in [2.75, 3.05) is 19.0 Å². The number of nitrogens with zero attached hydrogens (tertiary/aromatic N) is 3. The summed E-state index contributed by atoms with van der Waals surface area (Å²) >= 11 is 13.8. The van der Waals surface area contributed by atoms with Gasteiger partial charge < -0.3 is 14.8 Å². The maximum atomic E-state index is 15.8. The first-order valence-corrected chi connectivity index (χ1v) is 15.2. The van der Waals surface area contributed by atoms with E-state index in [0.717, 1.165) is 6.42 Å². The number of hydrogen-bond acceptors (Lipinski definition) is 8. The summed E-state index contributed by atoms with van der Waals surface area (Å²) in [6.07, 6.45) is 3.68. The van der Waals surface area contributed by atoms with Crippen LogP contribution < -0.4 is 10.1 Å². The molecule has 0 spiro atoms. The van der Waals surface area contributed by atoms with Crippen LogP contribution in [0.1, 0.15) is 49.5 Å². The summed E-state index contributed by atoms with van der Waals surface area (Å²) in [6.45, 7) is 6.39. The Morgan fingerprint density at radius 3 is 2.49 bits per heavy atom. The number of carbonyl (C=O) groups is 2. The normalized spacial score (nSPS) is 15.1. The van der Waals surface area contributed by atoms with E-state index in [9.17, 15) is 9.59 Å². The van der Waals surface area contributed by atoms with Crippen molar-refractivity contribution in [1.29, 1.82) is 0 Å². The molecule has 1 fully saturated rings. The summed E-state index contributed by atoms with van der Waals surface area (Å²) in [5.74, 6) is -0.638. The lowest BCUT2D eigenvalue weighted by molar-refractivity contribution is -0.160. The Kier molecular flexibility index (Phi) is 9.72.